The van der Waals surface area contributed by atoms with Gasteiger partial charge in [0.25, 0.3) is 0 Å². The SMILES string of the molecule is Cc1cccc(CSCCCNC(=S)Nc2cccc(Cl)c2)c1. The number of nitrogens with one attached hydrogen (secondary N) is 2. The Morgan fingerprint density at radius 3 is 2.78 bits per heavy atom. The fraction of sp³-hybridized carbons (Fsp3) is 0.278. The highest BCUT2D eigenvalue weighted by Crippen LogP contribution is 2.15. The fourth-order valence-electron chi connectivity index (χ4n) is 2.11. The Hall–Kier alpha value is -1.23. The average molecular weight is 365 g/mol. The minimum absolute atomic E-state index is 0.635. The van der Waals surface area contributed by atoms with Gasteiger partial charge < -0.3 is 10.6 Å². The Labute approximate surface area is 153 Å². The maximum atomic E-state index is 5.94. The van der Waals surface area contributed by atoms with Crippen LogP contribution in [0.3, 0.4) is 0 Å². The number of hydrogen-bond acceptors (Lipinski definition) is 2. The van der Waals surface area contributed by atoms with E-state index in [4.69, 9.17) is 23.8 Å². The summed E-state index contributed by atoms with van der Waals surface area (Å²) in [5, 5.41) is 7.69. The Kier molecular flexibility index (Phi) is 7.72. The van der Waals surface area contributed by atoms with E-state index in [1.165, 1.54) is 11.1 Å². The summed E-state index contributed by atoms with van der Waals surface area (Å²) in [6.07, 6.45) is 1.08. The first-order chi connectivity index (χ1) is 11.1. The zero-order valence-corrected chi connectivity index (χ0v) is 15.5. The number of thioether (sulfide) groups is 1. The summed E-state index contributed by atoms with van der Waals surface area (Å²) in [7, 11) is 0. The van der Waals surface area contributed by atoms with Crippen LogP contribution in [-0.4, -0.2) is 17.4 Å². The molecule has 0 fully saturated rings. The van der Waals surface area contributed by atoms with Crippen molar-refractivity contribution in [3.8, 4) is 0 Å². The van der Waals surface area contributed by atoms with Crippen LogP contribution in [0.25, 0.3) is 0 Å². The summed E-state index contributed by atoms with van der Waals surface area (Å²) >= 11 is 13.2. The average Bonchev–Trinajstić information content (AvgIpc) is 2.51. The maximum absolute atomic E-state index is 5.94. The molecule has 0 radical (unpaired) electrons. The van der Waals surface area contributed by atoms with Crippen molar-refractivity contribution in [1.82, 2.24) is 5.32 Å². The molecule has 5 heteroatoms. The second kappa shape index (κ2) is 9.81. The van der Waals surface area contributed by atoms with Gasteiger partial charge in [0.05, 0.1) is 0 Å². The maximum Gasteiger partial charge on any atom is 0.170 e. The lowest BCUT2D eigenvalue weighted by atomic mass is 10.2. The van der Waals surface area contributed by atoms with E-state index >= 15 is 0 Å². The van der Waals surface area contributed by atoms with Crippen molar-refractivity contribution in [1.29, 1.82) is 0 Å². The fourth-order valence-corrected chi connectivity index (χ4v) is 3.43. The summed E-state index contributed by atoms with van der Waals surface area (Å²) in [5.74, 6) is 2.17. The molecule has 0 heterocycles. The van der Waals surface area contributed by atoms with Crippen LogP contribution in [0.4, 0.5) is 5.69 Å². The summed E-state index contributed by atoms with van der Waals surface area (Å²) < 4.78 is 0. The summed E-state index contributed by atoms with van der Waals surface area (Å²) in [5.41, 5.74) is 3.62. The second-order valence-electron chi connectivity index (χ2n) is 5.29. The topological polar surface area (TPSA) is 24.1 Å². The molecule has 0 aliphatic rings. The van der Waals surface area contributed by atoms with E-state index in [1.54, 1.807) is 0 Å². The highest BCUT2D eigenvalue weighted by atomic mass is 35.5. The van der Waals surface area contributed by atoms with Gasteiger partial charge in [0.1, 0.15) is 0 Å². The van der Waals surface area contributed by atoms with Crippen molar-refractivity contribution in [3.63, 3.8) is 0 Å². The van der Waals surface area contributed by atoms with Crippen LogP contribution >= 0.6 is 35.6 Å². The van der Waals surface area contributed by atoms with E-state index in [-0.39, 0.29) is 0 Å². The zero-order chi connectivity index (χ0) is 16.5. The number of rotatable bonds is 7. The monoisotopic (exact) mass is 364 g/mol. The molecule has 0 saturated carbocycles. The van der Waals surface area contributed by atoms with Gasteiger partial charge in [0.15, 0.2) is 5.11 Å². The van der Waals surface area contributed by atoms with Crippen LogP contribution in [0.15, 0.2) is 48.5 Å². The van der Waals surface area contributed by atoms with Crippen LogP contribution < -0.4 is 10.6 Å². The van der Waals surface area contributed by atoms with Crippen molar-refractivity contribution in [2.75, 3.05) is 17.6 Å². The molecule has 0 bridgehead atoms. The Morgan fingerprint density at radius 2 is 2.00 bits per heavy atom. The first kappa shape index (κ1) is 18.1. The highest BCUT2D eigenvalue weighted by molar-refractivity contribution is 7.98. The third-order valence-electron chi connectivity index (χ3n) is 3.18. The third kappa shape index (κ3) is 7.25. The van der Waals surface area contributed by atoms with E-state index < -0.39 is 0 Å². The van der Waals surface area contributed by atoms with Crippen LogP contribution in [0.1, 0.15) is 17.5 Å². The van der Waals surface area contributed by atoms with Crippen molar-refractivity contribution in [3.05, 3.63) is 64.7 Å². The molecule has 2 N–H and O–H groups in total. The van der Waals surface area contributed by atoms with E-state index in [0.29, 0.717) is 10.1 Å². The molecular formula is C18H21ClN2S2. The van der Waals surface area contributed by atoms with Gasteiger partial charge in [-0.05, 0) is 55.1 Å². The van der Waals surface area contributed by atoms with Crippen molar-refractivity contribution >= 4 is 46.4 Å². The van der Waals surface area contributed by atoms with E-state index in [0.717, 1.165) is 30.2 Å². The number of hydrogen-bond donors (Lipinski definition) is 2. The highest BCUT2D eigenvalue weighted by Gasteiger charge is 1.99. The lowest BCUT2D eigenvalue weighted by Crippen LogP contribution is -2.29. The van der Waals surface area contributed by atoms with Crippen LogP contribution in [0, 0.1) is 6.92 Å². The van der Waals surface area contributed by atoms with E-state index in [1.807, 2.05) is 36.0 Å². The minimum Gasteiger partial charge on any atom is -0.362 e. The van der Waals surface area contributed by atoms with Crippen LogP contribution in [-0.2, 0) is 5.75 Å². The van der Waals surface area contributed by atoms with Crippen LogP contribution in [0.5, 0.6) is 0 Å². The lowest BCUT2D eigenvalue weighted by molar-refractivity contribution is 0.854. The normalized spacial score (nSPS) is 10.3. The summed E-state index contributed by atoms with van der Waals surface area (Å²) in [6, 6.07) is 16.2. The Balaban J connectivity index is 1.57. The van der Waals surface area contributed by atoms with Crippen molar-refractivity contribution < 1.29 is 0 Å². The van der Waals surface area contributed by atoms with Gasteiger partial charge in [-0.15, -0.1) is 0 Å². The molecule has 2 nitrogen and oxygen atoms in total. The molecule has 0 aromatic heterocycles. The predicted octanol–water partition coefficient (Wildman–Crippen LogP) is 5.26. The molecule has 0 unspecified atom stereocenters. The van der Waals surface area contributed by atoms with Gasteiger partial charge in [0, 0.05) is 23.0 Å². The molecule has 122 valence electrons. The minimum atomic E-state index is 0.635. The van der Waals surface area contributed by atoms with Gasteiger partial charge in [-0.25, -0.2) is 0 Å². The smallest absolute Gasteiger partial charge is 0.170 e. The summed E-state index contributed by atoms with van der Waals surface area (Å²) in [6.45, 7) is 3.00. The molecular weight excluding hydrogens is 344 g/mol. The quantitative estimate of drug-likeness (QED) is 0.517. The molecule has 0 amide bonds. The lowest BCUT2D eigenvalue weighted by Gasteiger charge is -2.10. The van der Waals surface area contributed by atoms with E-state index in [2.05, 4.69) is 41.8 Å². The molecule has 0 atom stereocenters. The van der Waals surface area contributed by atoms with Gasteiger partial charge in [-0.3, -0.25) is 0 Å². The number of thiocarbonyl (C=S) groups is 1. The van der Waals surface area contributed by atoms with Gasteiger partial charge in [-0.1, -0.05) is 47.5 Å². The zero-order valence-electron chi connectivity index (χ0n) is 13.1. The molecule has 0 spiro atoms. The van der Waals surface area contributed by atoms with Gasteiger partial charge >= 0.3 is 0 Å². The number of aryl methyl sites for hydroxylation is 1. The standard InChI is InChI=1S/C18H21ClN2S2/c1-14-5-2-6-15(11-14)13-23-10-4-9-20-18(22)21-17-8-3-7-16(19)12-17/h2-3,5-8,11-12H,4,9-10,13H2,1H3,(H2,20,21,22). The molecule has 2 aromatic rings. The summed E-state index contributed by atoms with van der Waals surface area (Å²) in [4.78, 5) is 0. The molecule has 2 aromatic carbocycles. The molecule has 0 aliphatic carbocycles. The third-order valence-corrected chi connectivity index (χ3v) is 4.78. The number of halogens is 1. The Morgan fingerprint density at radius 1 is 1.17 bits per heavy atom. The molecule has 0 saturated heterocycles. The largest absolute Gasteiger partial charge is 0.362 e. The van der Waals surface area contributed by atoms with Crippen LogP contribution in [0.2, 0.25) is 5.02 Å². The molecule has 2 rings (SSSR count). The number of benzene rings is 2. The van der Waals surface area contributed by atoms with E-state index in [9.17, 15) is 0 Å². The second-order valence-corrected chi connectivity index (χ2v) is 7.24. The molecule has 0 aliphatic heterocycles. The van der Waals surface area contributed by atoms with Crippen molar-refractivity contribution in [2.24, 2.45) is 0 Å². The Bertz CT molecular complexity index is 646. The van der Waals surface area contributed by atoms with Gasteiger partial charge in [-0.2, -0.15) is 11.8 Å². The predicted molar refractivity (Wildman–Crippen MR) is 108 cm³/mol. The molecule has 23 heavy (non-hydrogen) atoms. The van der Waals surface area contributed by atoms with Gasteiger partial charge in [0.2, 0.25) is 0 Å². The van der Waals surface area contributed by atoms with Crippen molar-refractivity contribution in [2.45, 2.75) is 19.1 Å². The first-order valence-corrected chi connectivity index (χ1v) is 9.51. The number of anilines is 1. The first-order valence-electron chi connectivity index (χ1n) is 7.57.